The molecular formula is C13H20N4O. The highest BCUT2D eigenvalue weighted by atomic mass is 16.2. The Morgan fingerprint density at radius 1 is 1.17 bits per heavy atom. The molecule has 5 heteroatoms. The highest BCUT2D eigenvalue weighted by Gasteiger charge is 2.31. The van der Waals surface area contributed by atoms with E-state index in [4.69, 9.17) is 16.3 Å². The molecular weight excluding hydrogens is 228 g/mol. The van der Waals surface area contributed by atoms with Crippen molar-refractivity contribution in [3.63, 3.8) is 0 Å². The topological polar surface area (TPSA) is 93.9 Å². The fourth-order valence-corrected chi connectivity index (χ4v) is 2.40. The van der Waals surface area contributed by atoms with Crippen molar-refractivity contribution in [3.8, 4) is 12.1 Å². The van der Waals surface area contributed by atoms with Gasteiger partial charge in [-0.15, -0.1) is 0 Å². The zero-order chi connectivity index (χ0) is 13.4. The van der Waals surface area contributed by atoms with Gasteiger partial charge in [0.15, 0.2) is 0 Å². The first kappa shape index (κ1) is 14.5. The number of carbonyl (C=O) groups is 1. The van der Waals surface area contributed by atoms with Gasteiger partial charge >= 0.3 is 0 Å². The largest absolute Gasteiger partial charge is 0.340 e. The van der Waals surface area contributed by atoms with E-state index in [1.165, 1.54) is 0 Å². The van der Waals surface area contributed by atoms with E-state index in [9.17, 15) is 4.79 Å². The van der Waals surface area contributed by atoms with Crippen LogP contribution in [0.2, 0.25) is 0 Å². The van der Waals surface area contributed by atoms with Crippen LogP contribution in [0.4, 0.5) is 0 Å². The molecule has 5 nitrogen and oxygen atoms in total. The number of nitriles is 2. The molecule has 1 aliphatic carbocycles. The molecule has 1 rings (SSSR count). The molecule has 2 N–H and O–H groups in total. The van der Waals surface area contributed by atoms with Crippen LogP contribution in [0.5, 0.6) is 0 Å². The zero-order valence-electron chi connectivity index (χ0n) is 10.6. The van der Waals surface area contributed by atoms with Crippen LogP contribution in [0, 0.1) is 28.6 Å². The van der Waals surface area contributed by atoms with E-state index in [1.807, 2.05) is 12.1 Å². The minimum atomic E-state index is -0.129. The predicted molar refractivity (Wildman–Crippen MR) is 67.0 cm³/mol. The third kappa shape index (κ3) is 4.01. The lowest BCUT2D eigenvalue weighted by Gasteiger charge is -2.32. The first-order valence-corrected chi connectivity index (χ1v) is 6.49. The van der Waals surface area contributed by atoms with Crippen LogP contribution in [0.3, 0.4) is 0 Å². The first-order valence-electron chi connectivity index (χ1n) is 6.49. The van der Waals surface area contributed by atoms with Crippen LogP contribution in [0.25, 0.3) is 0 Å². The van der Waals surface area contributed by atoms with Crippen LogP contribution in [0.1, 0.15) is 38.5 Å². The summed E-state index contributed by atoms with van der Waals surface area (Å²) in [5.74, 6) is -0.108. The Kier molecular flexibility index (Phi) is 6.18. The maximum absolute atomic E-state index is 12.3. The summed E-state index contributed by atoms with van der Waals surface area (Å²) >= 11 is 0. The normalized spacial score (nSPS) is 22.8. The minimum absolute atomic E-state index is 0.0210. The van der Waals surface area contributed by atoms with E-state index < -0.39 is 0 Å². The van der Waals surface area contributed by atoms with Crippen LogP contribution in [-0.4, -0.2) is 29.9 Å². The fraction of sp³-hybridized carbons (Fsp3) is 0.769. The molecule has 0 aliphatic heterocycles. The molecule has 2 unspecified atom stereocenters. The Balaban J connectivity index is 2.62. The van der Waals surface area contributed by atoms with E-state index in [1.54, 1.807) is 4.90 Å². The Morgan fingerprint density at radius 2 is 1.72 bits per heavy atom. The number of nitrogens with zero attached hydrogens (tertiary/aromatic N) is 3. The van der Waals surface area contributed by atoms with Crippen molar-refractivity contribution in [3.05, 3.63) is 0 Å². The van der Waals surface area contributed by atoms with Gasteiger partial charge in [0.05, 0.1) is 30.9 Å². The van der Waals surface area contributed by atoms with Gasteiger partial charge in [-0.2, -0.15) is 10.5 Å². The Morgan fingerprint density at radius 3 is 2.22 bits per heavy atom. The van der Waals surface area contributed by atoms with E-state index >= 15 is 0 Å². The number of hydrogen-bond donors (Lipinski definition) is 1. The first-order chi connectivity index (χ1) is 8.70. The molecule has 0 aromatic heterocycles. The lowest BCUT2D eigenvalue weighted by molar-refractivity contribution is -0.137. The smallest absolute Gasteiger partial charge is 0.227 e. The number of amides is 1. The SMILES string of the molecule is N#CCCN(CCC#N)C(=O)C1CCCCC1N. The summed E-state index contributed by atoms with van der Waals surface area (Å²) in [5.41, 5.74) is 6.00. The second kappa shape index (κ2) is 7.68. The van der Waals surface area contributed by atoms with Crippen LogP contribution < -0.4 is 5.73 Å². The summed E-state index contributed by atoms with van der Waals surface area (Å²) in [4.78, 5) is 14.0. The molecule has 18 heavy (non-hydrogen) atoms. The van der Waals surface area contributed by atoms with Gasteiger partial charge in [0.1, 0.15) is 0 Å². The van der Waals surface area contributed by atoms with Gasteiger partial charge in [-0.25, -0.2) is 0 Å². The van der Waals surface area contributed by atoms with Gasteiger partial charge in [-0.05, 0) is 12.8 Å². The lowest BCUT2D eigenvalue weighted by Crippen LogP contribution is -2.46. The second-order valence-corrected chi connectivity index (χ2v) is 4.70. The molecule has 1 amide bonds. The summed E-state index contributed by atoms with van der Waals surface area (Å²) < 4.78 is 0. The Labute approximate surface area is 108 Å². The van der Waals surface area contributed by atoms with E-state index in [2.05, 4.69) is 0 Å². The lowest BCUT2D eigenvalue weighted by atomic mass is 9.84. The average molecular weight is 248 g/mol. The third-order valence-electron chi connectivity index (χ3n) is 3.44. The van der Waals surface area contributed by atoms with E-state index in [0.29, 0.717) is 25.9 Å². The molecule has 98 valence electrons. The van der Waals surface area contributed by atoms with Crippen LogP contribution in [-0.2, 0) is 4.79 Å². The van der Waals surface area contributed by atoms with E-state index in [0.717, 1.165) is 25.7 Å². The molecule has 1 aliphatic rings. The molecule has 0 aromatic carbocycles. The molecule has 2 atom stereocenters. The molecule has 1 fully saturated rings. The second-order valence-electron chi connectivity index (χ2n) is 4.70. The molecule has 0 radical (unpaired) electrons. The van der Waals surface area contributed by atoms with Crippen molar-refractivity contribution in [2.24, 2.45) is 11.7 Å². The highest BCUT2D eigenvalue weighted by Crippen LogP contribution is 2.24. The minimum Gasteiger partial charge on any atom is -0.340 e. The van der Waals surface area contributed by atoms with Gasteiger partial charge < -0.3 is 10.6 Å². The summed E-state index contributed by atoms with van der Waals surface area (Å²) in [6.07, 6.45) is 4.45. The van der Waals surface area contributed by atoms with Gasteiger partial charge in [0.25, 0.3) is 0 Å². The summed E-state index contributed by atoms with van der Waals surface area (Å²) in [5, 5.41) is 17.2. The van der Waals surface area contributed by atoms with Crippen molar-refractivity contribution >= 4 is 5.91 Å². The van der Waals surface area contributed by atoms with Gasteiger partial charge in [0.2, 0.25) is 5.91 Å². The van der Waals surface area contributed by atoms with Crippen molar-refractivity contribution in [2.75, 3.05) is 13.1 Å². The summed E-state index contributed by atoms with van der Waals surface area (Å²) in [6.45, 7) is 0.806. The number of carbonyl (C=O) groups excluding carboxylic acids is 1. The summed E-state index contributed by atoms with van der Waals surface area (Å²) in [7, 11) is 0. The maximum atomic E-state index is 12.3. The third-order valence-corrected chi connectivity index (χ3v) is 3.44. The molecule has 0 spiro atoms. The molecule has 1 saturated carbocycles. The molecule has 0 aromatic rings. The van der Waals surface area contributed by atoms with E-state index in [-0.39, 0.29) is 17.9 Å². The monoisotopic (exact) mass is 248 g/mol. The number of nitrogens with two attached hydrogens (primary N) is 1. The maximum Gasteiger partial charge on any atom is 0.227 e. The number of rotatable bonds is 5. The van der Waals surface area contributed by atoms with Crippen LogP contribution >= 0.6 is 0 Å². The van der Waals surface area contributed by atoms with Gasteiger partial charge in [-0.3, -0.25) is 4.79 Å². The average Bonchev–Trinajstić information content (AvgIpc) is 2.39. The number of hydrogen-bond acceptors (Lipinski definition) is 4. The van der Waals surface area contributed by atoms with Crippen molar-refractivity contribution in [1.29, 1.82) is 10.5 Å². The fourth-order valence-electron chi connectivity index (χ4n) is 2.40. The Bertz CT molecular complexity index is 337. The van der Waals surface area contributed by atoms with Gasteiger partial charge in [0, 0.05) is 19.1 Å². The van der Waals surface area contributed by atoms with Crippen molar-refractivity contribution < 1.29 is 4.79 Å². The molecule has 0 saturated heterocycles. The Hall–Kier alpha value is -1.59. The molecule has 0 bridgehead atoms. The highest BCUT2D eigenvalue weighted by molar-refractivity contribution is 5.79. The van der Waals surface area contributed by atoms with Crippen molar-refractivity contribution in [1.82, 2.24) is 4.90 Å². The predicted octanol–water partition coefficient (Wildman–Crippen LogP) is 1.16. The van der Waals surface area contributed by atoms with Crippen LogP contribution in [0.15, 0.2) is 0 Å². The summed E-state index contributed by atoms with van der Waals surface area (Å²) in [6, 6.07) is 4.00. The zero-order valence-corrected chi connectivity index (χ0v) is 10.6. The molecule has 0 heterocycles. The van der Waals surface area contributed by atoms with Crippen molar-refractivity contribution in [2.45, 2.75) is 44.6 Å². The quantitative estimate of drug-likeness (QED) is 0.789. The standard InChI is InChI=1S/C13H20N4O/c14-7-3-9-17(10-4-8-15)13(18)11-5-1-2-6-12(11)16/h11-12H,1-6,9-10,16H2. The van der Waals surface area contributed by atoms with Gasteiger partial charge in [-0.1, -0.05) is 12.8 Å².